The molecule has 0 unspecified atom stereocenters. The van der Waals surface area contributed by atoms with Crippen LogP contribution in [0.2, 0.25) is 0 Å². The first-order valence-corrected chi connectivity index (χ1v) is 8.07. The van der Waals surface area contributed by atoms with Crippen LogP contribution < -0.4 is 10.2 Å². The molecule has 0 saturated heterocycles. The topological polar surface area (TPSA) is 88.1 Å². The molecule has 0 bridgehead atoms. The number of hydrogen-bond donors (Lipinski definition) is 2. The molecule has 1 saturated carbocycles. The second-order valence-corrected chi connectivity index (χ2v) is 6.42. The quantitative estimate of drug-likeness (QED) is 0.643. The van der Waals surface area contributed by atoms with Gasteiger partial charge < -0.3 is 14.4 Å². The average molecular weight is 334 g/mol. The van der Waals surface area contributed by atoms with E-state index in [2.05, 4.69) is 0 Å². The molecule has 1 atom stereocenters. The fourth-order valence-electron chi connectivity index (χ4n) is 3.15. The fourth-order valence-corrected chi connectivity index (χ4v) is 3.15. The zero-order valence-corrected chi connectivity index (χ0v) is 13.8. The Morgan fingerprint density at radius 1 is 1.38 bits per heavy atom. The van der Waals surface area contributed by atoms with Gasteiger partial charge in [0.15, 0.2) is 0 Å². The summed E-state index contributed by atoms with van der Waals surface area (Å²) in [6.45, 7) is 2.77. The van der Waals surface area contributed by atoms with Gasteiger partial charge in [-0.25, -0.2) is 5.48 Å². The first-order chi connectivity index (χ1) is 11.5. The molecular formula is C17H22N2O5. The number of methoxy groups -OCH3 is 1. The highest BCUT2D eigenvalue weighted by Crippen LogP contribution is 2.34. The molecule has 1 aromatic carbocycles. The number of amides is 2. The molecule has 1 aromatic rings. The van der Waals surface area contributed by atoms with Gasteiger partial charge in [0.05, 0.1) is 12.1 Å². The van der Waals surface area contributed by atoms with E-state index >= 15 is 0 Å². The number of hydrogen-bond acceptors (Lipinski definition) is 5. The van der Waals surface area contributed by atoms with Crippen molar-refractivity contribution < 1.29 is 24.3 Å². The van der Waals surface area contributed by atoms with Gasteiger partial charge in [-0.05, 0) is 31.9 Å². The number of carbonyl (C=O) groups excluding carboxylic acids is 2. The van der Waals surface area contributed by atoms with Gasteiger partial charge in [-0.1, -0.05) is 6.07 Å². The molecule has 1 fully saturated rings. The smallest absolute Gasteiger partial charge is 0.274 e. The Balaban J connectivity index is 1.77. The van der Waals surface area contributed by atoms with Crippen molar-refractivity contribution in [2.75, 3.05) is 13.7 Å². The number of nitrogens with one attached hydrogen (secondary N) is 1. The van der Waals surface area contributed by atoms with Crippen molar-refractivity contribution in [1.82, 2.24) is 10.4 Å². The Labute approximate surface area is 140 Å². The monoisotopic (exact) mass is 334 g/mol. The summed E-state index contributed by atoms with van der Waals surface area (Å²) >= 11 is 0. The molecule has 7 nitrogen and oxygen atoms in total. The summed E-state index contributed by atoms with van der Waals surface area (Å²) in [5.74, 6) is 0.121. The van der Waals surface area contributed by atoms with E-state index in [1.54, 1.807) is 30.8 Å². The standard InChI is InChI=1S/C17H22N2O5/c1-10-9-24-15-7-11(16(20)18-22)3-4-12(15)8-19(10)17(21)13-5-14(6-13)23-2/h3-4,7,10,13-14,22H,5-6,8-9H2,1-2H3,(H,18,20)/t10-,13-,14-/m0/s1. The molecule has 0 spiro atoms. The normalized spacial score (nSPS) is 25.8. The van der Waals surface area contributed by atoms with E-state index in [1.807, 2.05) is 11.8 Å². The van der Waals surface area contributed by atoms with Gasteiger partial charge in [0.2, 0.25) is 5.91 Å². The third-order valence-electron chi connectivity index (χ3n) is 4.84. The summed E-state index contributed by atoms with van der Waals surface area (Å²) < 4.78 is 11.0. The van der Waals surface area contributed by atoms with Crippen LogP contribution in [-0.2, 0) is 16.1 Å². The van der Waals surface area contributed by atoms with Crippen LogP contribution in [0.5, 0.6) is 5.75 Å². The van der Waals surface area contributed by atoms with Crippen molar-refractivity contribution in [3.8, 4) is 5.75 Å². The van der Waals surface area contributed by atoms with E-state index < -0.39 is 5.91 Å². The van der Waals surface area contributed by atoms with Gasteiger partial charge in [0.25, 0.3) is 5.91 Å². The molecule has 1 heterocycles. The van der Waals surface area contributed by atoms with Crippen LogP contribution in [0.4, 0.5) is 0 Å². The lowest BCUT2D eigenvalue weighted by Crippen LogP contribution is -2.48. The minimum Gasteiger partial charge on any atom is -0.491 e. The number of benzene rings is 1. The third kappa shape index (κ3) is 3.09. The van der Waals surface area contributed by atoms with E-state index in [9.17, 15) is 9.59 Å². The number of carbonyl (C=O) groups is 2. The molecule has 130 valence electrons. The molecule has 2 amide bonds. The molecule has 7 heteroatoms. The third-order valence-corrected chi connectivity index (χ3v) is 4.84. The zero-order valence-electron chi connectivity index (χ0n) is 13.8. The molecule has 3 rings (SSSR count). The Bertz CT molecular complexity index is 642. The molecular weight excluding hydrogens is 312 g/mol. The van der Waals surface area contributed by atoms with E-state index in [-0.39, 0.29) is 24.0 Å². The number of fused-ring (bicyclic) bond motifs is 1. The van der Waals surface area contributed by atoms with Crippen LogP contribution in [0.15, 0.2) is 18.2 Å². The minimum absolute atomic E-state index is 0.0124. The Morgan fingerprint density at radius 3 is 2.79 bits per heavy atom. The maximum Gasteiger partial charge on any atom is 0.274 e. The van der Waals surface area contributed by atoms with Crippen molar-refractivity contribution in [3.05, 3.63) is 29.3 Å². The number of ether oxygens (including phenoxy) is 2. The van der Waals surface area contributed by atoms with E-state index in [1.165, 1.54) is 0 Å². The summed E-state index contributed by atoms with van der Waals surface area (Å²) in [5.41, 5.74) is 2.77. The summed E-state index contributed by atoms with van der Waals surface area (Å²) in [7, 11) is 1.67. The van der Waals surface area contributed by atoms with Crippen molar-refractivity contribution in [2.24, 2.45) is 5.92 Å². The highest BCUT2D eigenvalue weighted by Gasteiger charge is 2.39. The van der Waals surface area contributed by atoms with Crippen LogP contribution in [0.1, 0.15) is 35.7 Å². The van der Waals surface area contributed by atoms with Gasteiger partial charge in [-0.2, -0.15) is 0 Å². The van der Waals surface area contributed by atoms with Gasteiger partial charge in [-0.15, -0.1) is 0 Å². The maximum absolute atomic E-state index is 12.8. The van der Waals surface area contributed by atoms with E-state index in [0.717, 1.165) is 18.4 Å². The highest BCUT2D eigenvalue weighted by atomic mass is 16.5. The first kappa shape index (κ1) is 16.7. The average Bonchev–Trinajstić information content (AvgIpc) is 2.72. The molecule has 1 aliphatic heterocycles. The van der Waals surface area contributed by atoms with E-state index in [4.69, 9.17) is 14.7 Å². The zero-order chi connectivity index (χ0) is 17.3. The van der Waals surface area contributed by atoms with Crippen molar-refractivity contribution in [3.63, 3.8) is 0 Å². The number of nitrogens with zero attached hydrogens (tertiary/aromatic N) is 1. The van der Waals surface area contributed by atoms with Crippen LogP contribution in [0.25, 0.3) is 0 Å². The lowest BCUT2D eigenvalue weighted by molar-refractivity contribution is -0.146. The molecule has 0 aromatic heterocycles. The number of hydroxylamine groups is 1. The van der Waals surface area contributed by atoms with Crippen LogP contribution in [0, 0.1) is 5.92 Å². The maximum atomic E-state index is 12.8. The molecule has 0 radical (unpaired) electrons. The Morgan fingerprint density at radius 2 is 2.12 bits per heavy atom. The fraction of sp³-hybridized carbons (Fsp3) is 0.529. The van der Waals surface area contributed by atoms with Gasteiger partial charge in [0, 0.05) is 30.7 Å². The largest absolute Gasteiger partial charge is 0.491 e. The first-order valence-electron chi connectivity index (χ1n) is 8.07. The Hall–Kier alpha value is -2.12. The van der Waals surface area contributed by atoms with Gasteiger partial charge in [-0.3, -0.25) is 14.8 Å². The highest BCUT2D eigenvalue weighted by molar-refractivity contribution is 5.93. The second-order valence-electron chi connectivity index (χ2n) is 6.42. The molecule has 2 aliphatic rings. The summed E-state index contributed by atoms with van der Waals surface area (Å²) in [6.07, 6.45) is 1.72. The molecule has 24 heavy (non-hydrogen) atoms. The summed E-state index contributed by atoms with van der Waals surface area (Å²) in [5, 5.41) is 8.74. The predicted octanol–water partition coefficient (Wildman–Crippen LogP) is 1.34. The van der Waals surface area contributed by atoms with Crippen molar-refractivity contribution in [1.29, 1.82) is 0 Å². The van der Waals surface area contributed by atoms with Crippen molar-refractivity contribution >= 4 is 11.8 Å². The molecule has 2 N–H and O–H groups in total. The minimum atomic E-state index is -0.591. The lowest BCUT2D eigenvalue weighted by atomic mass is 9.81. The van der Waals surface area contributed by atoms with E-state index in [0.29, 0.717) is 24.5 Å². The lowest BCUT2D eigenvalue weighted by Gasteiger charge is -2.38. The van der Waals surface area contributed by atoms with Crippen LogP contribution in [-0.4, -0.2) is 47.8 Å². The van der Waals surface area contributed by atoms with Crippen molar-refractivity contribution in [2.45, 2.75) is 38.5 Å². The predicted molar refractivity (Wildman–Crippen MR) is 84.7 cm³/mol. The summed E-state index contributed by atoms with van der Waals surface area (Å²) in [4.78, 5) is 26.1. The number of rotatable bonds is 3. The SMILES string of the molecule is CO[C@H]1C[C@H](C(=O)N2Cc3ccc(C(=O)NO)cc3OC[C@@H]2C)C1. The Kier molecular flexibility index (Phi) is 4.73. The second kappa shape index (κ2) is 6.78. The van der Waals surface area contributed by atoms with Crippen LogP contribution >= 0.6 is 0 Å². The van der Waals surface area contributed by atoms with Gasteiger partial charge in [0.1, 0.15) is 12.4 Å². The van der Waals surface area contributed by atoms with Gasteiger partial charge >= 0.3 is 0 Å². The van der Waals surface area contributed by atoms with Crippen LogP contribution in [0.3, 0.4) is 0 Å². The molecule has 1 aliphatic carbocycles. The summed E-state index contributed by atoms with van der Waals surface area (Å²) in [6, 6.07) is 4.90.